The number of aliphatic imine (C=N–C) groups is 1. The van der Waals surface area contributed by atoms with Crippen molar-refractivity contribution >= 4 is 146 Å². The zero-order valence-corrected chi connectivity index (χ0v) is 86.7. The van der Waals surface area contributed by atoms with Gasteiger partial charge in [-0.15, -0.1) is 0 Å². The van der Waals surface area contributed by atoms with E-state index in [1.54, 1.807) is 6.21 Å². The van der Waals surface area contributed by atoms with E-state index in [2.05, 4.69) is 64.4 Å². The number of aromatic nitrogens is 2. The van der Waals surface area contributed by atoms with Gasteiger partial charge >= 0.3 is 11.9 Å². The molecule has 10 atom stereocenters. The number of phenolic OH excluding ortho intramolecular Hbond substituents is 1. The lowest BCUT2D eigenvalue weighted by Crippen LogP contribution is -2.62. The molecule has 5 heterocycles. The summed E-state index contributed by atoms with van der Waals surface area (Å²) in [6, 6.07) is 11.9. The number of carboxylic acids is 2. The van der Waals surface area contributed by atoms with E-state index < -0.39 is 174 Å². The van der Waals surface area contributed by atoms with Crippen molar-refractivity contribution in [3.63, 3.8) is 0 Å². The van der Waals surface area contributed by atoms with Crippen LogP contribution in [0.3, 0.4) is 0 Å². The number of Topliss-reactive ketones (excluding diaryl/α,β-unsaturated/α-hetero) is 4. The van der Waals surface area contributed by atoms with Crippen molar-refractivity contribution in [2.45, 2.75) is 286 Å². The fourth-order valence-electron chi connectivity index (χ4n) is 18.1. The number of fused-ring (bicyclic) bond motifs is 5. The molecular weight excluding hydrogens is 1950 g/mol. The lowest BCUT2D eigenvalue weighted by atomic mass is 9.89. The van der Waals surface area contributed by atoms with Crippen molar-refractivity contribution in [2.24, 2.45) is 28.5 Å². The Morgan fingerprint density at radius 2 is 1.16 bits per heavy atom. The van der Waals surface area contributed by atoms with E-state index in [0.717, 1.165) is 36.8 Å². The van der Waals surface area contributed by atoms with E-state index in [1.165, 1.54) is 179 Å². The Hall–Kier alpha value is -12.1. The van der Waals surface area contributed by atoms with Gasteiger partial charge in [-0.3, -0.25) is 81.7 Å². The number of aromatic hydroxyl groups is 1. The molecule has 0 radical (unpaired) electrons. The number of aromatic amines is 2. The fourth-order valence-corrected chi connectivity index (χ4v) is 20.0. The second-order valence-corrected chi connectivity index (χ2v) is 40.7. The van der Waals surface area contributed by atoms with Crippen molar-refractivity contribution in [2.75, 3.05) is 84.0 Å². The Morgan fingerprint density at radius 1 is 0.574 bits per heavy atom. The summed E-state index contributed by atoms with van der Waals surface area (Å²) < 4.78 is 52.5. The van der Waals surface area contributed by atoms with Crippen LogP contribution in [0.5, 0.6) is 5.75 Å². The molecule has 6 aromatic rings. The third-order valence-corrected chi connectivity index (χ3v) is 28.8. The zero-order valence-electron chi connectivity index (χ0n) is 85.1. The first-order valence-corrected chi connectivity index (χ1v) is 54.1. The summed E-state index contributed by atoms with van der Waals surface area (Å²) in [6.07, 6.45) is 19.6. The van der Waals surface area contributed by atoms with Crippen LogP contribution in [-0.2, 0) is 126 Å². The number of benzene rings is 4. The van der Waals surface area contributed by atoms with E-state index in [-0.39, 0.29) is 195 Å². The highest BCUT2D eigenvalue weighted by Crippen LogP contribution is 2.34. The maximum Gasteiger partial charge on any atom is 0.306 e. The zero-order chi connectivity index (χ0) is 107. The molecule has 2 aromatic heterocycles. The van der Waals surface area contributed by atoms with Gasteiger partial charge in [0.1, 0.15) is 66.1 Å². The van der Waals surface area contributed by atoms with Crippen molar-refractivity contribution in [3.8, 4) is 5.75 Å². The molecular formula is C108H147F2N13O23S2. The van der Waals surface area contributed by atoms with Crippen molar-refractivity contribution in [1.29, 1.82) is 0 Å². The van der Waals surface area contributed by atoms with Crippen LogP contribution in [0.15, 0.2) is 114 Å². The fraction of sp³-hybridized carbons (Fsp3) is 0.565. The average Bonchev–Trinajstić information content (AvgIpc) is 1.61. The first-order valence-electron chi connectivity index (χ1n) is 51.7. The molecule has 4 aromatic carbocycles. The number of primary amides is 1. The third-order valence-electron chi connectivity index (χ3n) is 26.6. The summed E-state index contributed by atoms with van der Waals surface area (Å²) in [5, 5.41) is 53.0. The van der Waals surface area contributed by atoms with Gasteiger partial charge in [-0.05, 0) is 160 Å². The number of ether oxygens (including phenoxy) is 4. The smallest absolute Gasteiger partial charge is 0.306 e. The SMILES string of the molecule is CCCCCCCCCCCCCCCC(=O)C[C@@H](CCC(=O)NCCOCCOCC(=O)CCCOCCOCC(=O)NCCCC[C@@H]1NC(=O)CCSCc2cccc(c2)CSC[C@@H](C(N)=O)NC(=O)[C@]2(C)CCCN2C(=O)[C@H](Cc2ccc(O)cc2)NC(=O)[C@H](CC2=CN=CC2)CC(=O)[C@H](CC(=O)O)NC(=O)[C@H](Cc2c[nH]c3ccc(F)cc23)NC(=O)[C@H](Cc2c[nH]c3ccc(F)cc23)CC(=O)[C@@H](C)NC1=O)C(=O)O. The largest absolute Gasteiger partial charge is 0.508 e. The average molecular weight is 2100 g/mol. The molecule has 10 amide bonds. The molecule has 9 rings (SSSR count). The molecule has 0 spiro atoms. The Kier molecular flexibility index (Phi) is 51.9. The molecule has 1 saturated heterocycles. The molecule has 3 aliphatic heterocycles. The highest BCUT2D eigenvalue weighted by atomic mass is 32.2. The number of carbonyl (C=O) groups is 16. The van der Waals surface area contributed by atoms with Crippen LogP contribution in [0.2, 0.25) is 0 Å². The number of nitrogens with two attached hydrogens (primary N) is 1. The van der Waals surface area contributed by atoms with Crippen molar-refractivity contribution in [3.05, 3.63) is 149 Å². The normalized spacial score (nSPS) is 20.3. The minimum Gasteiger partial charge on any atom is -0.508 e. The quantitative estimate of drug-likeness (QED) is 0.0158. The van der Waals surface area contributed by atoms with Crippen LogP contribution in [-0.4, -0.2) is 256 Å². The molecule has 36 nitrogen and oxygen atoms in total. The second-order valence-electron chi connectivity index (χ2n) is 38.6. The van der Waals surface area contributed by atoms with Gasteiger partial charge in [0.25, 0.3) is 0 Å². The molecule has 148 heavy (non-hydrogen) atoms. The van der Waals surface area contributed by atoms with Gasteiger partial charge in [0.15, 0.2) is 17.3 Å². The number of nitrogens with zero attached hydrogens (tertiary/aromatic N) is 2. The monoisotopic (exact) mass is 2100 g/mol. The number of rotatable bonds is 53. The molecule has 0 aliphatic carbocycles. The number of thioether (sulfide) groups is 2. The summed E-state index contributed by atoms with van der Waals surface area (Å²) in [7, 11) is 0. The number of aliphatic carboxylic acids is 2. The minimum atomic E-state index is -1.95. The second kappa shape index (κ2) is 64.3. The summed E-state index contributed by atoms with van der Waals surface area (Å²) in [5.74, 6) is -16.3. The number of halogens is 2. The third kappa shape index (κ3) is 42.1. The van der Waals surface area contributed by atoms with Gasteiger partial charge in [-0.25, -0.2) is 8.78 Å². The number of carbonyl (C=O) groups excluding carboxylic acids is 14. The van der Waals surface area contributed by atoms with Gasteiger partial charge in [0.2, 0.25) is 59.1 Å². The first-order chi connectivity index (χ1) is 71.2. The number of hydrogen-bond acceptors (Lipinski definition) is 24. The maximum atomic E-state index is 15.5. The van der Waals surface area contributed by atoms with E-state index in [1.807, 2.05) is 24.3 Å². The molecule has 0 unspecified atom stereocenters. The molecule has 2 bridgehead atoms. The molecule has 40 heteroatoms. The van der Waals surface area contributed by atoms with Crippen molar-refractivity contribution in [1.82, 2.24) is 57.4 Å². The summed E-state index contributed by atoms with van der Waals surface area (Å²) >= 11 is 2.73. The molecule has 15 N–H and O–H groups in total. The van der Waals surface area contributed by atoms with E-state index in [4.69, 9.17) is 24.7 Å². The minimum absolute atomic E-state index is 0.00172. The van der Waals surface area contributed by atoms with E-state index >= 15 is 32.8 Å². The number of allylic oxidation sites excluding steroid dienone is 1. The van der Waals surface area contributed by atoms with Crippen LogP contribution >= 0.6 is 23.5 Å². The van der Waals surface area contributed by atoms with Crippen LogP contribution in [0, 0.1) is 29.4 Å². The summed E-state index contributed by atoms with van der Waals surface area (Å²) in [4.78, 5) is 235. The molecule has 808 valence electrons. The summed E-state index contributed by atoms with van der Waals surface area (Å²) in [6.45, 7) is 5.79. The standard InChI is InChI=1S/C108H147F2N13O23S2/c1-4-5-6-7-8-9-10-11-12-13-14-15-16-24-83(125)55-75(106(140)141)29-36-96(129)114-42-45-144-47-48-145-65-84(126)25-20-44-143-46-49-146-66-98(131)113-40-18-17-26-89-103(137)117-70(2)94(127)57-77(54-78-63-115-87-34-30-80(109)59-85(78)87)102(136)120-91(56-79-64-116-88-35-31-81(110)60-86(79)88)104(138)119-90(61-99(132)133)95(128)58-76(52-72-37-41-112-62-72)101(135)121-92(53-71-27-32-82(124)33-28-71)105(139)123-43-21-39-108(123,3)107(142)122-93(100(111)134)69-148-68-74-23-19-22-73(51-74)67-147-50-38-97(130)118-89/h19,22-23,27-28,30-35,41,51,59-60,62-64,70,75-77,89-93,115-116,124H,4-18,20-21,24-26,29,36-40,42-50,52-58,61,65-69H2,1-3H3,(H2,111,134)(H,113,131)(H,114,129)(H,117,137)(H,118,130)(H,119,138)(H,120,136)(H,121,135)(H,122,142)(H,132,133)(H,140,141)/t70-,75-,76-,77-,89+,90+,91+,92+,93+,108+/m1/s1. The van der Waals surface area contributed by atoms with Gasteiger partial charge in [0, 0.05) is 172 Å². The predicted octanol–water partition coefficient (Wildman–Crippen LogP) is 11.1. The van der Waals surface area contributed by atoms with Crippen LogP contribution in [0.4, 0.5) is 8.78 Å². The van der Waals surface area contributed by atoms with Gasteiger partial charge in [-0.1, -0.05) is 120 Å². The highest BCUT2D eigenvalue weighted by Gasteiger charge is 2.49. The predicted molar refractivity (Wildman–Crippen MR) is 557 cm³/mol. The first kappa shape index (κ1) is 119. The number of amides is 10. The number of ketones is 4. The molecule has 1 fully saturated rings. The number of nitrogens with one attached hydrogen (secondary N) is 10. The van der Waals surface area contributed by atoms with Crippen LogP contribution in [0.25, 0.3) is 21.8 Å². The van der Waals surface area contributed by atoms with Crippen LogP contribution < -0.4 is 48.3 Å². The Morgan fingerprint density at radius 3 is 1.80 bits per heavy atom. The number of H-pyrrole nitrogens is 2. The number of carboxylic acid groups (broad SMARTS) is 2. The molecule has 3 aliphatic rings. The summed E-state index contributed by atoms with van der Waals surface area (Å²) in [5.41, 5.74) is 8.50. The van der Waals surface area contributed by atoms with Gasteiger partial charge in [-0.2, -0.15) is 23.5 Å². The Labute approximate surface area is 870 Å². The lowest BCUT2D eigenvalue weighted by Gasteiger charge is -2.37. The van der Waals surface area contributed by atoms with Gasteiger partial charge < -0.3 is 97.4 Å². The Bertz CT molecular complexity index is 5490. The van der Waals surface area contributed by atoms with E-state index in [9.17, 15) is 68.1 Å². The van der Waals surface area contributed by atoms with Gasteiger partial charge in [0.05, 0.1) is 57.5 Å². The number of phenols is 1. The number of hydrogen-bond donors (Lipinski definition) is 14. The Balaban J connectivity index is 0.806. The molecule has 0 saturated carbocycles. The lowest BCUT2D eigenvalue weighted by molar-refractivity contribution is -0.147. The van der Waals surface area contributed by atoms with Crippen molar-refractivity contribution < 1.29 is 120 Å². The highest BCUT2D eigenvalue weighted by molar-refractivity contribution is 7.98. The topological polar surface area (TPSA) is 540 Å². The van der Waals surface area contributed by atoms with Crippen LogP contribution in [0.1, 0.15) is 241 Å². The maximum absolute atomic E-state index is 15.5. The number of unbranched alkanes of at least 4 members (excludes halogenated alkanes) is 13. The van der Waals surface area contributed by atoms with E-state index in [0.29, 0.717) is 70.3 Å².